The molecule has 232 valence electrons. The maximum absolute atomic E-state index is 12.0. The molecule has 1 rings (SSSR count). The monoisotopic (exact) mass is 611 g/mol. The number of nitrogens with one attached hydrogen (secondary N) is 1. The first kappa shape index (κ1) is 36.5. The standard InChI is InChI=1S/C21H43NO15P2/c1-15(24)22-17-19(26)18(25)16(13-23)37-20(17)32-11-12-36-39(29,30)35-10-6-9-34-38(27,28)33-8-5-7-31-14-21(2,3)4/h16-20,23,25-26H,5-14H2,1-4H3,(H,22,24)(H,27,28)(H,29,30)/t16-,17-,18+,19-,20-/m1/s1. The minimum absolute atomic E-state index is 0.0124. The predicted molar refractivity (Wildman–Crippen MR) is 134 cm³/mol. The maximum atomic E-state index is 12.0. The second kappa shape index (κ2) is 17.4. The number of carbonyl (C=O) groups is 1. The Balaban J connectivity index is 2.27. The lowest BCUT2D eigenvalue weighted by Gasteiger charge is -2.42. The Kier molecular flexibility index (Phi) is 16.3. The van der Waals surface area contributed by atoms with Gasteiger partial charge in [0.15, 0.2) is 6.29 Å². The van der Waals surface area contributed by atoms with Crippen LogP contribution < -0.4 is 5.32 Å². The van der Waals surface area contributed by atoms with Crippen LogP contribution in [0.1, 0.15) is 40.5 Å². The SMILES string of the molecule is CC(=O)N[C@H]1[C@H](OCCOP(=O)(O)OCCCOP(=O)(O)OCCCOCC(C)(C)C)O[C@H](CO)[C@H](O)[C@@H]1O. The molecule has 16 nitrogen and oxygen atoms in total. The van der Waals surface area contributed by atoms with Crippen molar-refractivity contribution in [3.05, 3.63) is 0 Å². The number of aliphatic hydroxyl groups is 3. The molecule has 0 aromatic heterocycles. The van der Waals surface area contributed by atoms with Gasteiger partial charge in [-0.2, -0.15) is 0 Å². The van der Waals surface area contributed by atoms with Gasteiger partial charge in [0.05, 0.1) is 46.2 Å². The van der Waals surface area contributed by atoms with Crippen LogP contribution in [-0.4, -0.2) is 115 Å². The van der Waals surface area contributed by atoms with Crippen molar-refractivity contribution < 1.29 is 71.3 Å². The van der Waals surface area contributed by atoms with Crippen molar-refractivity contribution in [2.45, 2.75) is 71.2 Å². The maximum Gasteiger partial charge on any atom is 0.472 e. The van der Waals surface area contributed by atoms with E-state index in [1.807, 2.05) is 20.8 Å². The van der Waals surface area contributed by atoms with E-state index in [1.165, 1.54) is 6.92 Å². The number of hydrogen-bond acceptors (Lipinski definition) is 13. The Morgan fingerprint density at radius 2 is 1.38 bits per heavy atom. The molecule has 18 heteroatoms. The van der Waals surface area contributed by atoms with E-state index in [0.29, 0.717) is 19.6 Å². The zero-order valence-electron chi connectivity index (χ0n) is 22.7. The summed E-state index contributed by atoms with van der Waals surface area (Å²) < 4.78 is 59.1. The molecule has 7 atom stereocenters. The normalized spacial score (nSPS) is 27.1. The highest BCUT2D eigenvalue weighted by Gasteiger charge is 2.45. The molecule has 1 saturated heterocycles. The van der Waals surface area contributed by atoms with Gasteiger partial charge in [-0.3, -0.25) is 22.9 Å². The van der Waals surface area contributed by atoms with Gasteiger partial charge < -0.3 is 44.6 Å². The van der Waals surface area contributed by atoms with Crippen LogP contribution in [0, 0.1) is 5.41 Å². The van der Waals surface area contributed by atoms with Crippen LogP contribution in [0.5, 0.6) is 0 Å². The number of phosphoric ester groups is 2. The topological polar surface area (TPSA) is 229 Å². The molecule has 1 heterocycles. The minimum atomic E-state index is -4.51. The van der Waals surface area contributed by atoms with Gasteiger partial charge >= 0.3 is 15.6 Å². The Bertz CT molecular complexity index is 811. The van der Waals surface area contributed by atoms with E-state index in [4.69, 9.17) is 32.3 Å². The van der Waals surface area contributed by atoms with Crippen molar-refractivity contribution in [3.8, 4) is 0 Å². The van der Waals surface area contributed by atoms with Crippen LogP contribution in [0.4, 0.5) is 0 Å². The summed E-state index contributed by atoms with van der Waals surface area (Å²) in [6.07, 6.45) is -5.10. The van der Waals surface area contributed by atoms with Crippen LogP contribution >= 0.6 is 15.6 Å². The van der Waals surface area contributed by atoms with E-state index in [-0.39, 0.29) is 38.3 Å². The molecule has 0 bridgehead atoms. The first-order valence-corrected chi connectivity index (χ1v) is 15.4. The van der Waals surface area contributed by atoms with Crippen molar-refractivity contribution in [2.24, 2.45) is 5.41 Å². The number of amides is 1. The molecular formula is C21H43NO15P2. The number of rotatable bonds is 19. The lowest BCUT2D eigenvalue weighted by molar-refractivity contribution is -0.271. The number of phosphoric acid groups is 2. The highest BCUT2D eigenvalue weighted by atomic mass is 31.2. The number of hydrogen-bond donors (Lipinski definition) is 6. The van der Waals surface area contributed by atoms with Crippen LogP contribution in [0.3, 0.4) is 0 Å². The minimum Gasteiger partial charge on any atom is -0.394 e. The molecular weight excluding hydrogens is 568 g/mol. The molecule has 39 heavy (non-hydrogen) atoms. The van der Waals surface area contributed by atoms with Crippen LogP contribution in [0.25, 0.3) is 0 Å². The largest absolute Gasteiger partial charge is 0.472 e. The number of aliphatic hydroxyl groups excluding tert-OH is 3. The summed E-state index contributed by atoms with van der Waals surface area (Å²) in [4.78, 5) is 30.8. The average Bonchev–Trinajstić information content (AvgIpc) is 2.82. The molecule has 6 N–H and O–H groups in total. The molecule has 0 aromatic rings. The summed E-state index contributed by atoms with van der Waals surface area (Å²) in [7, 11) is -8.81. The van der Waals surface area contributed by atoms with E-state index in [9.17, 15) is 39.0 Å². The van der Waals surface area contributed by atoms with Gasteiger partial charge in [-0.05, 0) is 18.3 Å². The molecule has 1 aliphatic heterocycles. The van der Waals surface area contributed by atoms with Gasteiger partial charge in [-0.25, -0.2) is 9.13 Å². The second-order valence-electron chi connectivity index (χ2n) is 9.89. The molecule has 2 unspecified atom stereocenters. The summed E-state index contributed by atoms with van der Waals surface area (Å²) in [6.45, 7) is 6.03. The molecule has 1 aliphatic rings. The summed E-state index contributed by atoms with van der Waals surface area (Å²) in [5.74, 6) is -0.537. The number of carbonyl (C=O) groups excluding carboxylic acids is 1. The summed E-state index contributed by atoms with van der Waals surface area (Å²) in [6, 6.07) is -1.18. The lowest BCUT2D eigenvalue weighted by atomic mass is 9.97. The molecule has 0 spiro atoms. The van der Waals surface area contributed by atoms with Gasteiger partial charge in [0.1, 0.15) is 24.4 Å². The van der Waals surface area contributed by atoms with Gasteiger partial charge in [-0.1, -0.05) is 20.8 Å². The molecule has 0 radical (unpaired) electrons. The van der Waals surface area contributed by atoms with Gasteiger partial charge in [0, 0.05) is 13.5 Å². The summed E-state index contributed by atoms with van der Waals surface area (Å²) in [5, 5.41) is 31.8. The lowest BCUT2D eigenvalue weighted by Crippen LogP contribution is -2.64. The molecule has 0 aliphatic carbocycles. The predicted octanol–water partition coefficient (Wildman–Crippen LogP) is 0.0568. The average molecular weight is 612 g/mol. The van der Waals surface area contributed by atoms with Crippen molar-refractivity contribution >= 4 is 21.6 Å². The van der Waals surface area contributed by atoms with Crippen molar-refractivity contribution in [3.63, 3.8) is 0 Å². The fraction of sp³-hybridized carbons (Fsp3) is 0.952. The van der Waals surface area contributed by atoms with E-state index in [2.05, 4.69) is 5.32 Å². The molecule has 0 aromatic carbocycles. The third kappa shape index (κ3) is 15.9. The fourth-order valence-electron chi connectivity index (χ4n) is 3.14. The second-order valence-corrected chi connectivity index (χ2v) is 12.8. The zero-order chi connectivity index (χ0) is 29.7. The van der Waals surface area contributed by atoms with Crippen LogP contribution in [-0.2, 0) is 46.2 Å². The Morgan fingerprint density at radius 3 is 1.87 bits per heavy atom. The first-order valence-electron chi connectivity index (χ1n) is 12.4. The highest BCUT2D eigenvalue weighted by molar-refractivity contribution is 7.47. The smallest absolute Gasteiger partial charge is 0.394 e. The summed E-state index contributed by atoms with van der Waals surface area (Å²) >= 11 is 0. The zero-order valence-corrected chi connectivity index (χ0v) is 24.5. The van der Waals surface area contributed by atoms with Gasteiger partial charge in [-0.15, -0.1) is 0 Å². The Hall–Kier alpha value is -0.550. The quantitative estimate of drug-likeness (QED) is 0.0838. The van der Waals surface area contributed by atoms with Gasteiger partial charge in [0.25, 0.3) is 0 Å². The highest BCUT2D eigenvalue weighted by Crippen LogP contribution is 2.45. The van der Waals surface area contributed by atoms with E-state index in [0.717, 1.165) is 0 Å². The Labute approximate surface area is 228 Å². The van der Waals surface area contributed by atoms with Crippen molar-refractivity contribution in [1.29, 1.82) is 0 Å². The molecule has 1 fully saturated rings. The van der Waals surface area contributed by atoms with E-state index < -0.39 is 65.4 Å². The van der Waals surface area contributed by atoms with Crippen molar-refractivity contribution in [1.82, 2.24) is 5.32 Å². The first-order chi connectivity index (χ1) is 18.1. The van der Waals surface area contributed by atoms with Crippen LogP contribution in [0.15, 0.2) is 0 Å². The fourth-order valence-corrected chi connectivity index (χ4v) is 4.68. The van der Waals surface area contributed by atoms with E-state index >= 15 is 0 Å². The third-order valence-corrected chi connectivity index (χ3v) is 6.93. The number of ether oxygens (including phenoxy) is 3. The third-order valence-electron chi connectivity index (χ3n) is 4.89. The van der Waals surface area contributed by atoms with Gasteiger partial charge in [0.2, 0.25) is 5.91 Å². The summed E-state index contributed by atoms with van der Waals surface area (Å²) in [5.41, 5.74) is 0.0124. The van der Waals surface area contributed by atoms with Crippen molar-refractivity contribution in [2.75, 3.05) is 52.9 Å². The molecule has 1 amide bonds. The Morgan fingerprint density at radius 1 is 0.872 bits per heavy atom. The van der Waals surface area contributed by atoms with Crippen LogP contribution in [0.2, 0.25) is 0 Å². The molecule has 0 saturated carbocycles. The van der Waals surface area contributed by atoms with E-state index in [1.54, 1.807) is 0 Å².